The van der Waals surface area contributed by atoms with Gasteiger partial charge in [0, 0.05) is 10.4 Å². The number of hydrogen-bond acceptors (Lipinski definition) is 4. The molecular formula is C17H15F3N2O3S. The Kier molecular flexibility index (Phi) is 4.53. The van der Waals surface area contributed by atoms with Gasteiger partial charge in [0.2, 0.25) is 5.72 Å². The number of ketones is 1. The van der Waals surface area contributed by atoms with Gasteiger partial charge < -0.3 is 15.7 Å². The summed E-state index contributed by atoms with van der Waals surface area (Å²) in [6.45, 7) is 1.77. The predicted molar refractivity (Wildman–Crippen MR) is 88.7 cm³/mol. The molecule has 0 aliphatic carbocycles. The van der Waals surface area contributed by atoms with E-state index in [4.69, 9.17) is 0 Å². The average molecular weight is 384 g/mol. The highest BCUT2D eigenvalue weighted by molar-refractivity contribution is 7.10. The van der Waals surface area contributed by atoms with Crippen molar-refractivity contribution in [3.05, 3.63) is 57.8 Å². The first-order valence-electron chi connectivity index (χ1n) is 7.65. The van der Waals surface area contributed by atoms with Gasteiger partial charge in [0.1, 0.15) is 5.92 Å². The summed E-state index contributed by atoms with van der Waals surface area (Å²) in [5.74, 6) is -2.91. The minimum Gasteiger partial charge on any atom is -0.363 e. The Bertz CT molecular complexity index is 821. The van der Waals surface area contributed by atoms with Crippen LogP contribution in [0.4, 0.5) is 18.0 Å². The molecule has 0 unspecified atom stereocenters. The zero-order valence-electron chi connectivity index (χ0n) is 13.5. The van der Waals surface area contributed by atoms with Crippen molar-refractivity contribution in [2.24, 2.45) is 5.92 Å². The molecule has 138 valence electrons. The topological polar surface area (TPSA) is 78.4 Å². The van der Waals surface area contributed by atoms with E-state index >= 15 is 0 Å². The number of carbonyl (C=O) groups excluding carboxylic acids is 2. The fourth-order valence-corrected chi connectivity index (χ4v) is 3.76. The number of halogens is 3. The first-order valence-corrected chi connectivity index (χ1v) is 8.53. The summed E-state index contributed by atoms with van der Waals surface area (Å²) in [6, 6.07) is 6.57. The first kappa shape index (κ1) is 18.4. The van der Waals surface area contributed by atoms with Crippen LogP contribution in [-0.2, 0) is 0 Å². The minimum absolute atomic E-state index is 0.0165. The molecule has 0 radical (unpaired) electrons. The lowest BCUT2D eigenvalue weighted by Gasteiger charge is -2.44. The van der Waals surface area contributed by atoms with Crippen LogP contribution in [0.3, 0.4) is 0 Å². The molecule has 3 rings (SSSR count). The van der Waals surface area contributed by atoms with E-state index in [-0.39, 0.29) is 5.56 Å². The second kappa shape index (κ2) is 6.40. The molecule has 1 fully saturated rings. The zero-order valence-corrected chi connectivity index (χ0v) is 14.3. The summed E-state index contributed by atoms with van der Waals surface area (Å²) in [7, 11) is 0. The van der Waals surface area contributed by atoms with Gasteiger partial charge in [-0.25, -0.2) is 4.79 Å². The molecule has 1 aliphatic heterocycles. The molecule has 2 amide bonds. The molecule has 0 saturated carbocycles. The third-order valence-corrected chi connectivity index (χ3v) is 5.23. The van der Waals surface area contributed by atoms with Crippen molar-refractivity contribution in [3.63, 3.8) is 0 Å². The van der Waals surface area contributed by atoms with E-state index in [0.717, 1.165) is 16.9 Å². The highest BCUT2D eigenvalue weighted by Gasteiger charge is 2.66. The van der Waals surface area contributed by atoms with Crippen LogP contribution >= 0.6 is 11.3 Å². The third kappa shape index (κ3) is 3.08. The second-order valence-corrected chi connectivity index (χ2v) is 7.04. The van der Waals surface area contributed by atoms with Crippen molar-refractivity contribution >= 4 is 23.2 Å². The van der Waals surface area contributed by atoms with E-state index in [0.29, 0.717) is 4.88 Å². The molecule has 2 aromatic rings. The number of alkyl halides is 3. The number of aliphatic hydroxyl groups is 1. The summed E-state index contributed by atoms with van der Waals surface area (Å²) in [5, 5.41) is 15.8. The number of rotatable bonds is 3. The number of urea groups is 1. The standard InChI is InChI=1S/C17H15F3N2O3S/c1-9-4-6-10(7-5-9)14(23)12-13(11-3-2-8-26-11)21-15(24)22-16(12,25)17(18,19)20/h2-8,12-13,25H,1H3,(H2,21,22,24)/t12-,13+,16-/m0/s1. The molecule has 1 aliphatic rings. The molecule has 3 N–H and O–H groups in total. The lowest BCUT2D eigenvalue weighted by molar-refractivity contribution is -0.287. The summed E-state index contributed by atoms with van der Waals surface area (Å²) in [6.07, 6.45) is -5.24. The minimum atomic E-state index is -5.24. The van der Waals surface area contributed by atoms with E-state index in [9.17, 15) is 27.9 Å². The highest BCUT2D eigenvalue weighted by Crippen LogP contribution is 2.44. The van der Waals surface area contributed by atoms with Gasteiger partial charge in [-0.1, -0.05) is 35.9 Å². The van der Waals surface area contributed by atoms with Gasteiger partial charge in [0.25, 0.3) is 0 Å². The largest absolute Gasteiger partial charge is 0.437 e. The molecule has 1 saturated heterocycles. The van der Waals surface area contributed by atoms with Crippen LogP contribution < -0.4 is 10.6 Å². The molecule has 5 nitrogen and oxygen atoms in total. The Balaban J connectivity index is 2.13. The Labute approximate surface area is 150 Å². The predicted octanol–water partition coefficient (Wildman–Crippen LogP) is 3.16. The fourth-order valence-electron chi connectivity index (χ4n) is 2.94. The molecular weight excluding hydrogens is 369 g/mol. The van der Waals surface area contributed by atoms with Crippen LogP contribution in [0.25, 0.3) is 0 Å². The molecule has 1 aromatic heterocycles. The Morgan fingerprint density at radius 2 is 1.88 bits per heavy atom. The molecule has 9 heteroatoms. The van der Waals surface area contributed by atoms with Gasteiger partial charge in [-0.05, 0) is 18.4 Å². The van der Waals surface area contributed by atoms with Crippen LogP contribution in [0.5, 0.6) is 0 Å². The number of hydrogen-bond donors (Lipinski definition) is 3. The number of amides is 2. The summed E-state index contributed by atoms with van der Waals surface area (Å²) in [5.41, 5.74) is -2.84. The van der Waals surface area contributed by atoms with Crippen LogP contribution in [-0.4, -0.2) is 28.8 Å². The SMILES string of the molecule is Cc1ccc(C(=O)[C@@H]2[C@@H](c3cccs3)NC(=O)N[C@@]2(O)C(F)(F)F)cc1. The van der Waals surface area contributed by atoms with Gasteiger partial charge in [-0.15, -0.1) is 11.3 Å². The number of benzene rings is 1. The van der Waals surface area contributed by atoms with E-state index < -0.39 is 35.7 Å². The van der Waals surface area contributed by atoms with Gasteiger partial charge in [0.05, 0.1) is 6.04 Å². The van der Waals surface area contributed by atoms with E-state index in [2.05, 4.69) is 5.32 Å². The third-order valence-electron chi connectivity index (χ3n) is 4.27. The number of nitrogens with one attached hydrogen (secondary N) is 2. The van der Waals surface area contributed by atoms with Gasteiger partial charge in [-0.3, -0.25) is 4.79 Å². The number of thiophene rings is 1. The molecule has 1 aromatic carbocycles. The van der Waals surface area contributed by atoms with Crippen molar-refractivity contribution in [2.45, 2.75) is 24.9 Å². The quantitative estimate of drug-likeness (QED) is 0.712. The van der Waals surface area contributed by atoms with Gasteiger partial charge in [0.15, 0.2) is 5.78 Å². The van der Waals surface area contributed by atoms with Crippen molar-refractivity contribution in [1.29, 1.82) is 0 Å². The van der Waals surface area contributed by atoms with Crippen molar-refractivity contribution in [2.75, 3.05) is 0 Å². The molecule has 26 heavy (non-hydrogen) atoms. The maximum Gasteiger partial charge on any atom is 0.437 e. The van der Waals surface area contributed by atoms with Crippen molar-refractivity contribution in [1.82, 2.24) is 10.6 Å². The maximum absolute atomic E-state index is 13.7. The molecule has 2 heterocycles. The van der Waals surface area contributed by atoms with Gasteiger partial charge in [-0.2, -0.15) is 13.2 Å². The van der Waals surface area contributed by atoms with Crippen LogP contribution in [0.2, 0.25) is 0 Å². The zero-order chi connectivity index (χ0) is 19.1. The molecule has 0 spiro atoms. The molecule has 3 atom stereocenters. The lowest BCUT2D eigenvalue weighted by atomic mass is 9.79. The number of aryl methyl sites for hydroxylation is 1. The lowest BCUT2D eigenvalue weighted by Crippen LogP contribution is -2.72. The van der Waals surface area contributed by atoms with Crippen molar-refractivity contribution in [3.8, 4) is 0 Å². The van der Waals surface area contributed by atoms with Crippen molar-refractivity contribution < 1.29 is 27.9 Å². The first-order chi connectivity index (χ1) is 12.1. The monoisotopic (exact) mass is 384 g/mol. The number of carbonyl (C=O) groups is 2. The van der Waals surface area contributed by atoms with E-state index in [1.54, 1.807) is 30.5 Å². The summed E-state index contributed by atoms with van der Waals surface area (Å²) in [4.78, 5) is 25.1. The fraction of sp³-hybridized carbons (Fsp3) is 0.294. The summed E-state index contributed by atoms with van der Waals surface area (Å²) >= 11 is 1.09. The second-order valence-electron chi connectivity index (χ2n) is 6.06. The normalized spacial score (nSPS) is 26.1. The smallest absolute Gasteiger partial charge is 0.363 e. The van der Waals surface area contributed by atoms with E-state index in [1.807, 2.05) is 0 Å². The van der Waals surface area contributed by atoms with Gasteiger partial charge >= 0.3 is 12.2 Å². The van der Waals surface area contributed by atoms with Crippen LogP contribution in [0.15, 0.2) is 41.8 Å². The van der Waals surface area contributed by atoms with E-state index in [1.165, 1.54) is 23.5 Å². The molecule has 0 bridgehead atoms. The average Bonchev–Trinajstić information content (AvgIpc) is 3.07. The Hall–Kier alpha value is -2.39. The van der Waals surface area contributed by atoms with Crippen LogP contribution in [0, 0.1) is 12.8 Å². The Morgan fingerprint density at radius 3 is 2.42 bits per heavy atom. The summed E-state index contributed by atoms with van der Waals surface area (Å²) < 4.78 is 41.0. The number of Topliss-reactive ketones (excluding diaryl/α,β-unsaturated/α-hetero) is 1. The Morgan fingerprint density at radius 1 is 1.23 bits per heavy atom. The van der Waals surface area contributed by atoms with Crippen LogP contribution in [0.1, 0.15) is 26.8 Å². The maximum atomic E-state index is 13.7. The highest BCUT2D eigenvalue weighted by atomic mass is 32.1.